The van der Waals surface area contributed by atoms with Crippen LogP contribution in [0.2, 0.25) is 0 Å². The summed E-state index contributed by atoms with van der Waals surface area (Å²) < 4.78 is 23.5. The van der Waals surface area contributed by atoms with Gasteiger partial charge in [-0.1, -0.05) is 6.92 Å². The highest BCUT2D eigenvalue weighted by Gasteiger charge is 2.34. The van der Waals surface area contributed by atoms with E-state index in [1.54, 1.807) is 17.8 Å². The van der Waals surface area contributed by atoms with E-state index in [1.165, 1.54) is 12.8 Å². The van der Waals surface area contributed by atoms with Gasteiger partial charge in [-0.25, -0.2) is 8.99 Å². The number of nitrogens with one attached hydrogen (secondary N) is 2. The van der Waals surface area contributed by atoms with Crippen molar-refractivity contribution in [3.8, 4) is 11.1 Å². The monoisotopic (exact) mass is 452 g/mol. The van der Waals surface area contributed by atoms with Gasteiger partial charge in [-0.05, 0) is 68.7 Å². The molecule has 2 N–H and O–H groups in total. The minimum absolute atomic E-state index is 0.0360. The van der Waals surface area contributed by atoms with Crippen LogP contribution in [-0.4, -0.2) is 32.1 Å². The minimum Gasteiger partial charge on any atom is -0.371 e. The predicted octanol–water partition coefficient (Wildman–Crippen LogP) is 5.12. The first-order chi connectivity index (χ1) is 15.3. The van der Waals surface area contributed by atoms with Crippen LogP contribution < -0.4 is 10.5 Å². The third-order valence-corrected chi connectivity index (χ3v) is 9.77. The van der Waals surface area contributed by atoms with Gasteiger partial charge < -0.3 is 14.5 Å². The van der Waals surface area contributed by atoms with E-state index in [0.29, 0.717) is 16.5 Å². The van der Waals surface area contributed by atoms with Gasteiger partial charge in [0.2, 0.25) is 0 Å². The summed E-state index contributed by atoms with van der Waals surface area (Å²) in [6, 6.07) is 8.28. The van der Waals surface area contributed by atoms with E-state index in [4.69, 9.17) is 4.78 Å². The third kappa shape index (κ3) is 3.56. The van der Waals surface area contributed by atoms with E-state index >= 15 is 0 Å². The first-order valence-electron chi connectivity index (χ1n) is 11.6. The average Bonchev–Trinajstić information content (AvgIpc) is 3.54. The average molecular weight is 453 g/mol. The van der Waals surface area contributed by atoms with Gasteiger partial charge in [0.15, 0.2) is 0 Å². The molecule has 32 heavy (non-hydrogen) atoms. The summed E-state index contributed by atoms with van der Waals surface area (Å²) in [4.78, 5) is 18.7. The number of benzene rings is 1. The molecule has 0 radical (unpaired) electrons. The Hall–Kier alpha value is -2.54. The number of hydrogen-bond donors (Lipinski definition) is 2. The predicted molar refractivity (Wildman–Crippen MR) is 131 cm³/mol. The van der Waals surface area contributed by atoms with Crippen LogP contribution in [-0.2, 0) is 16.8 Å². The van der Waals surface area contributed by atoms with E-state index in [0.717, 1.165) is 53.8 Å². The normalized spacial score (nSPS) is 23.2. The summed E-state index contributed by atoms with van der Waals surface area (Å²) in [5.41, 5.74) is 3.46. The number of fused-ring (bicyclic) bond motifs is 1. The molecular weight excluding hydrogens is 420 g/mol. The summed E-state index contributed by atoms with van der Waals surface area (Å²) >= 11 is 0. The lowest BCUT2D eigenvalue weighted by atomic mass is 9.86. The lowest BCUT2D eigenvalue weighted by Crippen LogP contribution is -2.35. The molecule has 1 unspecified atom stereocenters. The van der Waals surface area contributed by atoms with E-state index in [-0.39, 0.29) is 10.8 Å². The molecule has 2 aromatic heterocycles. The Bertz CT molecular complexity index is 1330. The summed E-state index contributed by atoms with van der Waals surface area (Å²) in [5.74, 6) is 0.774. The smallest absolute Gasteiger partial charge is 0.274 e. The molecule has 2 aliphatic carbocycles. The highest BCUT2D eigenvalue weighted by Crippen LogP contribution is 2.41. The molecule has 0 aliphatic heterocycles. The SMILES string of the molecule is CC1CCC(N(C)c2ccc(S(=N)(=O)C3CC3)cc2-c2cn(C)c(=O)c3[nH]ccc23)CC1. The van der Waals surface area contributed by atoms with E-state index in [1.807, 2.05) is 30.5 Å². The van der Waals surface area contributed by atoms with Gasteiger partial charge in [-0.3, -0.25) is 4.79 Å². The van der Waals surface area contributed by atoms with Gasteiger partial charge in [-0.15, -0.1) is 0 Å². The largest absolute Gasteiger partial charge is 0.371 e. The molecule has 0 spiro atoms. The van der Waals surface area contributed by atoms with Crippen LogP contribution in [0.1, 0.15) is 45.4 Å². The molecular formula is C25H32N4O2S. The zero-order valence-electron chi connectivity index (χ0n) is 19.1. The molecule has 0 bridgehead atoms. The number of aromatic nitrogens is 2. The van der Waals surface area contributed by atoms with Crippen molar-refractivity contribution < 1.29 is 4.21 Å². The topological polar surface area (TPSA) is 81.9 Å². The highest BCUT2D eigenvalue weighted by molar-refractivity contribution is 7.93. The molecule has 3 aromatic rings. The van der Waals surface area contributed by atoms with Crippen LogP contribution >= 0.6 is 0 Å². The molecule has 7 heteroatoms. The standard InChI is InChI=1S/C25H32N4O2S/c1-16-4-6-17(7-5-16)29(3)23-11-10-19(32(26,31)18-8-9-18)14-21(23)22-15-28(2)25(30)24-20(22)12-13-27-24/h10-18,26-27H,4-9H2,1-3H3. The lowest BCUT2D eigenvalue weighted by molar-refractivity contribution is 0.341. The van der Waals surface area contributed by atoms with E-state index in [2.05, 4.69) is 23.9 Å². The molecule has 0 amide bonds. The highest BCUT2D eigenvalue weighted by atomic mass is 32.2. The third-order valence-electron chi connectivity index (χ3n) is 7.41. The number of aromatic amines is 1. The van der Waals surface area contributed by atoms with Gasteiger partial charge in [0.25, 0.3) is 5.56 Å². The molecule has 2 fully saturated rings. The van der Waals surface area contributed by atoms with Crippen molar-refractivity contribution in [2.24, 2.45) is 13.0 Å². The van der Waals surface area contributed by atoms with Crippen LogP contribution in [0.25, 0.3) is 22.0 Å². The van der Waals surface area contributed by atoms with Crippen LogP contribution in [0.15, 0.2) is 46.3 Å². The maximum atomic E-state index is 13.3. The van der Waals surface area contributed by atoms with Crippen molar-refractivity contribution in [3.63, 3.8) is 0 Å². The van der Waals surface area contributed by atoms with Crippen molar-refractivity contribution in [1.82, 2.24) is 9.55 Å². The Kier molecular flexibility index (Phi) is 5.19. The fraction of sp³-hybridized carbons (Fsp3) is 0.480. The molecule has 1 aromatic carbocycles. The summed E-state index contributed by atoms with van der Waals surface area (Å²) in [5, 5.41) is 0.825. The van der Waals surface area contributed by atoms with Crippen molar-refractivity contribution in [2.45, 2.75) is 61.6 Å². The zero-order valence-corrected chi connectivity index (χ0v) is 19.9. The Labute approximate surface area is 189 Å². The molecule has 0 saturated heterocycles. The number of pyridine rings is 1. The maximum Gasteiger partial charge on any atom is 0.274 e. The number of aryl methyl sites for hydroxylation is 1. The molecule has 1 atom stereocenters. The first-order valence-corrected chi connectivity index (χ1v) is 13.2. The van der Waals surface area contributed by atoms with Gasteiger partial charge in [0.1, 0.15) is 5.52 Å². The fourth-order valence-electron chi connectivity index (χ4n) is 5.13. The molecule has 2 saturated carbocycles. The van der Waals surface area contributed by atoms with Crippen LogP contribution in [0.4, 0.5) is 5.69 Å². The van der Waals surface area contributed by atoms with Gasteiger partial charge in [0.05, 0.1) is 9.73 Å². The zero-order chi connectivity index (χ0) is 22.6. The minimum atomic E-state index is -2.82. The number of nitrogens with zero attached hydrogens (tertiary/aromatic N) is 2. The summed E-state index contributed by atoms with van der Waals surface area (Å²) in [6.07, 6.45) is 10.2. The van der Waals surface area contributed by atoms with Crippen LogP contribution in [0, 0.1) is 10.7 Å². The molecule has 2 aliphatic rings. The first kappa shape index (κ1) is 21.3. The second-order valence-corrected chi connectivity index (χ2v) is 12.1. The van der Waals surface area contributed by atoms with Crippen molar-refractivity contribution in [2.75, 3.05) is 11.9 Å². The van der Waals surface area contributed by atoms with E-state index in [9.17, 15) is 9.00 Å². The molecule has 170 valence electrons. The van der Waals surface area contributed by atoms with Crippen LogP contribution in [0.5, 0.6) is 0 Å². The van der Waals surface area contributed by atoms with Crippen LogP contribution in [0.3, 0.4) is 0 Å². The number of hydrogen-bond acceptors (Lipinski definition) is 4. The summed E-state index contributed by atoms with van der Waals surface area (Å²) in [7, 11) is 1.09. The number of rotatable bonds is 5. The number of H-pyrrole nitrogens is 1. The van der Waals surface area contributed by atoms with Gasteiger partial charge >= 0.3 is 0 Å². The van der Waals surface area contributed by atoms with Gasteiger partial charge in [0, 0.05) is 64.9 Å². The Balaban J connectivity index is 1.69. The van der Waals surface area contributed by atoms with E-state index < -0.39 is 9.73 Å². The van der Waals surface area contributed by atoms with Crippen molar-refractivity contribution >= 4 is 26.3 Å². The Morgan fingerprint density at radius 3 is 2.50 bits per heavy atom. The molecule has 5 rings (SSSR count). The maximum absolute atomic E-state index is 13.3. The van der Waals surface area contributed by atoms with Gasteiger partial charge in [-0.2, -0.15) is 0 Å². The second kappa shape index (κ2) is 7.80. The van der Waals surface area contributed by atoms with Crippen molar-refractivity contribution in [3.05, 3.63) is 47.0 Å². The molecule has 6 nitrogen and oxygen atoms in total. The Morgan fingerprint density at radius 1 is 1.09 bits per heavy atom. The number of anilines is 1. The quantitative estimate of drug-likeness (QED) is 0.564. The fourth-order valence-corrected chi connectivity index (χ4v) is 6.88. The Morgan fingerprint density at radius 2 is 1.81 bits per heavy atom. The van der Waals surface area contributed by atoms with Crippen molar-refractivity contribution in [1.29, 1.82) is 4.78 Å². The lowest BCUT2D eigenvalue weighted by Gasteiger charge is -2.36. The second-order valence-electron chi connectivity index (χ2n) is 9.73. The summed E-state index contributed by atoms with van der Waals surface area (Å²) in [6.45, 7) is 2.33. The molecule has 2 heterocycles.